The summed E-state index contributed by atoms with van der Waals surface area (Å²) >= 11 is 5.75. The molecule has 16 heavy (non-hydrogen) atoms. The van der Waals surface area contributed by atoms with Crippen LogP contribution in [0.5, 0.6) is 5.75 Å². The molecule has 7 heteroatoms. The van der Waals surface area contributed by atoms with E-state index in [0.717, 1.165) is 4.31 Å². The molecule has 0 amide bonds. The van der Waals surface area contributed by atoms with Gasteiger partial charge in [0.1, 0.15) is 16.3 Å². The molecule has 86 valence electrons. The Labute approximate surface area is 98.4 Å². The van der Waals surface area contributed by atoms with E-state index in [4.69, 9.17) is 16.3 Å². The Morgan fingerprint density at radius 3 is 2.75 bits per heavy atom. The molecule has 1 aliphatic rings. The summed E-state index contributed by atoms with van der Waals surface area (Å²) in [6.45, 7) is 0. The molecule has 0 fully saturated rings. The molecule has 0 N–H and O–H groups in total. The van der Waals surface area contributed by atoms with Crippen molar-refractivity contribution in [3.63, 3.8) is 0 Å². The molecule has 0 radical (unpaired) electrons. The lowest BCUT2D eigenvalue weighted by atomic mass is 10.3. The summed E-state index contributed by atoms with van der Waals surface area (Å²) in [5.41, 5.74) is 0.244. The lowest BCUT2D eigenvalue weighted by molar-refractivity contribution is 0.414. The minimum atomic E-state index is -3.61. The number of benzene rings is 1. The summed E-state index contributed by atoms with van der Waals surface area (Å²) in [7, 11) is -0.813. The number of ether oxygens (including phenoxy) is 1. The first-order valence-corrected chi connectivity index (χ1v) is 6.20. The molecule has 0 bridgehead atoms. The van der Waals surface area contributed by atoms with Crippen molar-refractivity contribution < 1.29 is 13.2 Å². The summed E-state index contributed by atoms with van der Waals surface area (Å²) in [6, 6.07) is 4.70. The van der Waals surface area contributed by atoms with Gasteiger partial charge in [0.2, 0.25) is 5.29 Å². The topological polar surface area (TPSA) is 59.0 Å². The van der Waals surface area contributed by atoms with E-state index >= 15 is 0 Å². The zero-order valence-corrected chi connectivity index (χ0v) is 10.2. The Bertz CT molecular complexity index is 568. The van der Waals surface area contributed by atoms with E-state index in [2.05, 4.69) is 4.99 Å². The third kappa shape index (κ3) is 1.45. The highest BCUT2D eigenvalue weighted by Gasteiger charge is 2.32. The molecule has 0 aromatic heterocycles. The van der Waals surface area contributed by atoms with Gasteiger partial charge in [-0.1, -0.05) is 6.07 Å². The molecular weight excluding hydrogens is 252 g/mol. The fourth-order valence-electron chi connectivity index (χ4n) is 1.39. The van der Waals surface area contributed by atoms with Crippen molar-refractivity contribution in [1.82, 2.24) is 4.31 Å². The van der Waals surface area contributed by atoms with Crippen LogP contribution >= 0.6 is 11.6 Å². The summed E-state index contributed by atoms with van der Waals surface area (Å²) in [4.78, 5) is 4.09. The van der Waals surface area contributed by atoms with Crippen molar-refractivity contribution in [2.45, 2.75) is 4.90 Å². The first kappa shape index (κ1) is 11.2. The van der Waals surface area contributed by atoms with E-state index in [0.29, 0.717) is 5.75 Å². The average Bonchev–Trinajstić information content (AvgIpc) is 2.26. The van der Waals surface area contributed by atoms with Gasteiger partial charge >= 0.3 is 0 Å². The number of methoxy groups -OCH3 is 1. The van der Waals surface area contributed by atoms with Crippen LogP contribution in [0.1, 0.15) is 0 Å². The largest absolute Gasteiger partial charge is 0.494 e. The molecule has 0 saturated carbocycles. The Balaban J connectivity index is 2.80. The third-order valence-electron chi connectivity index (χ3n) is 2.28. The number of amidine groups is 1. The van der Waals surface area contributed by atoms with Crippen LogP contribution in [-0.4, -0.2) is 32.2 Å². The molecule has 5 nitrogen and oxygen atoms in total. The minimum absolute atomic E-state index is 0.0961. The zero-order chi connectivity index (χ0) is 11.9. The van der Waals surface area contributed by atoms with Gasteiger partial charge in [-0.3, -0.25) is 0 Å². The van der Waals surface area contributed by atoms with E-state index < -0.39 is 10.0 Å². The molecular formula is C9H9ClN2O3S. The van der Waals surface area contributed by atoms with Gasteiger partial charge in [-0.05, 0) is 23.7 Å². The highest BCUT2D eigenvalue weighted by Crippen LogP contribution is 2.39. The van der Waals surface area contributed by atoms with E-state index in [1.165, 1.54) is 20.2 Å². The van der Waals surface area contributed by atoms with E-state index in [9.17, 15) is 8.42 Å². The van der Waals surface area contributed by atoms with Crippen LogP contribution in [0.3, 0.4) is 0 Å². The average molecular weight is 261 g/mol. The van der Waals surface area contributed by atoms with E-state index in [1.807, 2.05) is 0 Å². The fourth-order valence-corrected chi connectivity index (χ4v) is 2.93. The first-order valence-electron chi connectivity index (χ1n) is 4.38. The Morgan fingerprint density at radius 1 is 1.44 bits per heavy atom. The molecule has 0 saturated heterocycles. The molecule has 1 aliphatic heterocycles. The van der Waals surface area contributed by atoms with Crippen LogP contribution in [0.15, 0.2) is 28.1 Å². The van der Waals surface area contributed by atoms with Crippen LogP contribution < -0.4 is 4.74 Å². The number of hydrogen-bond donors (Lipinski definition) is 0. The number of sulfonamides is 1. The maximum Gasteiger partial charge on any atom is 0.268 e. The van der Waals surface area contributed by atoms with Gasteiger partial charge in [0.25, 0.3) is 10.0 Å². The number of para-hydroxylation sites is 1. The molecule has 0 spiro atoms. The monoisotopic (exact) mass is 260 g/mol. The standard InChI is InChI=1S/C9H9ClN2O3S/c1-12-9(10)11-8-6(15-2)4-3-5-7(8)16(12,13)14/h3-5H,1-2H3. The van der Waals surface area contributed by atoms with Crippen molar-refractivity contribution in [1.29, 1.82) is 0 Å². The van der Waals surface area contributed by atoms with Crippen LogP contribution in [0, 0.1) is 0 Å². The van der Waals surface area contributed by atoms with Crippen LogP contribution in [0.2, 0.25) is 0 Å². The Morgan fingerprint density at radius 2 is 2.12 bits per heavy atom. The second-order valence-corrected chi connectivity index (χ2v) is 5.44. The predicted octanol–water partition coefficient (Wildman–Crippen LogP) is 1.56. The lowest BCUT2D eigenvalue weighted by Crippen LogP contribution is -2.32. The highest BCUT2D eigenvalue weighted by molar-refractivity contribution is 7.90. The summed E-state index contributed by atoms with van der Waals surface area (Å²) in [6.07, 6.45) is 0. The maximum absolute atomic E-state index is 12.0. The molecule has 0 atom stereocenters. The predicted molar refractivity (Wildman–Crippen MR) is 60.9 cm³/mol. The zero-order valence-electron chi connectivity index (χ0n) is 8.64. The highest BCUT2D eigenvalue weighted by atomic mass is 35.5. The van der Waals surface area contributed by atoms with Gasteiger partial charge in [-0.2, -0.15) is 0 Å². The molecule has 1 aromatic carbocycles. The van der Waals surface area contributed by atoms with Crippen molar-refractivity contribution in [3.8, 4) is 5.75 Å². The van der Waals surface area contributed by atoms with Crippen molar-refractivity contribution in [3.05, 3.63) is 18.2 Å². The number of aliphatic imine (C=N–C) groups is 1. The van der Waals surface area contributed by atoms with Crippen LogP contribution in [0.4, 0.5) is 5.69 Å². The van der Waals surface area contributed by atoms with Gasteiger partial charge in [-0.15, -0.1) is 0 Å². The smallest absolute Gasteiger partial charge is 0.268 e. The van der Waals surface area contributed by atoms with Gasteiger partial charge in [-0.25, -0.2) is 17.7 Å². The number of nitrogens with zero attached hydrogens (tertiary/aromatic N) is 2. The fraction of sp³-hybridized carbons (Fsp3) is 0.222. The van der Waals surface area contributed by atoms with Crippen molar-refractivity contribution >= 4 is 32.6 Å². The summed E-state index contributed by atoms with van der Waals surface area (Å²) in [5.74, 6) is 0.382. The van der Waals surface area contributed by atoms with E-state index in [-0.39, 0.29) is 15.9 Å². The minimum Gasteiger partial charge on any atom is -0.494 e. The molecule has 2 rings (SSSR count). The van der Waals surface area contributed by atoms with Gasteiger partial charge in [0.15, 0.2) is 0 Å². The third-order valence-corrected chi connectivity index (χ3v) is 4.50. The second kappa shape index (κ2) is 3.64. The maximum atomic E-state index is 12.0. The normalized spacial score (nSPS) is 17.7. The van der Waals surface area contributed by atoms with Gasteiger partial charge < -0.3 is 4.74 Å². The number of rotatable bonds is 1. The Hall–Kier alpha value is -1.27. The van der Waals surface area contributed by atoms with Crippen LogP contribution in [0.25, 0.3) is 0 Å². The SMILES string of the molecule is COc1cccc2c1N=C(Cl)N(C)S2(=O)=O. The lowest BCUT2D eigenvalue weighted by Gasteiger charge is -2.23. The first-order chi connectivity index (χ1) is 7.48. The van der Waals surface area contributed by atoms with Crippen molar-refractivity contribution in [2.75, 3.05) is 14.2 Å². The summed E-state index contributed by atoms with van der Waals surface area (Å²) < 4.78 is 29.9. The number of halogens is 1. The van der Waals surface area contributed by atoms with Crippen LogP contribution in [-0.2, 0) is 10.0 Å². The molecule has 0 unspecified atom stereocenters. The molecule has 1 heterocycles. The summed E-state index contributed by atoms with van der Waals surface area (Å²) in [5, 5.41) is -0.1000. The number of hydrogen-bond acceptors (Lipinski definition) is 4. The van der Waals surface area contributed by atoms with Gasteiger partial charge in [0.05, 0.1) is 7.11 Å². The quantitative estimate of drug-likeness (QED) is 0.720. The van der Waals surface area contributed by atoms with E-state index in [1.54, 1.807) is 12.1 Å². The molecule has 1 aromatic rings. The molecule has 0 aliphatic carbocycles. The van der Waals surface area contributed by atoms with Crippen molar-refractivity contribution in [2.24, 2.45) is 4.99 Å². The number of fused-ring (bicyclic) bond motifs is 1. The Kier molecular flexibility index (Phi) is 2.55. The second-order valence-electron chi connectivity index (χ2n) is 3.16. The van der Waals surface area contributed by atoms with Gasteiger partial charge in [0, 0.05) is 7.05 Å².